The molecule has 1 atom stereocenters. The SMILES string of the molecule is COCC(=O)NC1CCN(C(C)C)C1. The van der Waals surface area contributed by atoms with Crippen LogP contribution >= 0.6 is 0 Å². The van der Waals surface area contributed by atoms with Gasteiger partial charge >= 0.3 is 0 Å². The number of carbonyl (C=O) groups excluding carboxylic acids is 1. The third-order valence-electron chi connectivity index (χ3n) is 2.59. The summed E-state index contributed by atoms with van der Waals surface area (Å²) in [5.41, 5.74) is 0. The zero-order chi connectivity index (χ0) is 10.6. The number of carbonyl (C=O) groups is 1. The van der Waals surface area contributed by atoms with E-state index in [9.17, 15) is 4.79 Å². The largest absolute Gasteiger partial charge is 0.375 e. The number of rotatable bonds is 4. The van der Waals surface area contributed by atoms with E-state index >= 15 is 0 Å². The molecule has 0 aliphatic carbocycles. The van der Waals surface area contributed by atoms with Gasteiger partial charge < -0.3 is 10.1 Å². The maximum atomic E-state index is 11.2. The summed E-state index contributed by atoms with van der Waals surface area (Å²) in [5.74, 6) is -0.0110. The van der Waals surface area contributed by atoms with Crippen LogP contribution in [-0.4, -0.2) is 49.7 Å². The van der Waals surface area contributed by atoms with Crippen molar-refractivity contribution in [2.45, 2.75) is 32.4 Å². The highest BCUT2D eigenvalue weighted by molar-refractivity contribution is 5.77. The van der Waals surface area contributed by atoms with Gasteiger partial charge in [-0.05, 0) is 20.3 Å². The average molecular weight is 200 g/mol. The van der Waals surface area contributed by atoms with Crippen molar-refractivity contribution in [2.75, 3.05) is 26.8 Å². The Morgan fingerprint density at radius 3 is 2.86 bits per heavy atom. The smallest absolute Gasteiger partial charge is 0.246 e. The maximum absolute atomic E-state index is 11.2. The van der Waals surface area contributed by atoms with Crippen LogP contribution in [0.3, 0.4) is 0 Å². The molecule has 14 heavy (non-hydrogen) atoms. The predicted molar refractivity (Wildman–Crippen MR) is 55.1 cm³/mol. The lowest BCUT2D eigenvalue weighted by Crippen LogP contribution is -2.40. The van der Waals surface area contributed by atoms with Gasteiger partial charge in [-0.2, -0.15) is 0 Å². The Balaban J connectivity index is 2.25. The summed E-state index contributed by atoms with van der Waals surface area (Å²) < 4.78 is 4.76. The van der Waals surface area contributed by atoms with E-state index in [0.717, 1.165) is 19.5 Å². The zero-order valence-corrected chi connectivity index (χ0v) is 9.25. The molecule has 0 aromatic carbocycles. The fraction of sp³-hybridized carbons (Fsp3) is 0.900. The van der Waals surface area contributed by atoms with Gasteiger partial charge in [0, 0.05) is 32.3 Å². The van der Waals surface area contributed by atoms with E-state index in [0.29, 0.717) is 12.1 Å². The van der Waals surface area contributed by atoms with Gasteiger partial charge in [0.2, 0.25) is 5.91 Å². The second-order valence-electron chi connectivity index (χ2n) is 4.07. The predicted octanol–water partition coefficient (Wildman–Crippen LogP) is 0.232. The fourth-order valence-electron chi connectivity index (χ4n) is 1.77. The summed E-state index contributed by atoms with van der Waals surface area (Å²) in [4.78, 5) is 13.6. The van der Waals surface area contributed by atoms with E-state index in [-0.39, 0.29) is 12.5 Å². The van der Waals surface area contributed by atoms with E-state index in [2.05, 4.69) is 24.1 Å². The second-order valence-corrected chi connectivity index (χ2v) is 4.07. The van der Waals surface area contributed by atoms with Gasteiger partial charge in [0.05, 0.1) is 0 Å². The van der Waals surface area contributed by atoms with Crippen molar-refractivity contribution in [1.82, 2.24) is 10.2 Å². The van der Waals surface area contributed by atoms with Crippen molar-refractivity contribution in [3.05, 3.63) is 0 Å². The molecule has 1 aliphatic heterocycles. The minimum absolute atomic E-state index is 0.0110. The highest BCUT2D eigenvalue weighted by atomic mass is 16.5. The summed E-state index contributed by atoms with van der Waals surface area (Å²) in [6.45, 7) is 6.57. The Kier molecular flexibility index (Phi) is 4.35. The Labute approximate surface area is 85.6 Å². The third-order valence-corrected chi connectivity index (χ3v) is 2.59. The Morgan fingerprint density at radius 2 is 2.36 bits per heavy atom. The molecule has 0 bridgehead atoms. The number of nitrogens with zero attached hydrogens (tertiary/aromatic N) is 1. The average Bonchev–Trinajstić information content (AvgIpc) is 2.53. The standard InChI is InChI=1S/C10H20N2O2/c1-8(2)12-5-4-9(6-12)11-10(13)7-14-3/h8-9H,4-7H2,1-3H3,(H,11,13). The number of nitrogens with one attached hydrogen (secondary N) is 1. The summed E-state index contributed by atoms with van der Waals surface area (Å²) in [7, 11) is 1.54. The Morgan fingerprint density at radius 1 is 1.64 bits per heavy atom. The summed E-state index contributed by atoms with van der Waals surface area (Å²) >= 11 is 0. The van der Waals surface area contributed by atoms with E-state index in [1.54, 1.807) is 0 Å². The van der Waals surface area contributed by atoms with Crippen LogP contribution in [0.2, 0.25) is 0 Å². The Bertz CT molecular complexity index is 195. The second kappa shape index (κ2) is 5.32. The van der Waals surface area contributed by atoms with Gasteiger partial charge in [-0.15, -0.1) is 0 Å². The summed E-state index contributed by atoms with van der Waals surface area (Å²) in [5, 5.41) is 2.96. The maximum Gasteiger partial charge on any atom is 0.246 e. The lowest BCUT2D eigenvalue weighted by Gasteiger charge is -2.20. The van der Waals surface area contributed by atoms with Crippen LogP contribution in [0.4, 0.5) is 0 Å². The molecule has 0 spiro atoms. The summed E-state index contributed by atoms with van der Waals surface area (Å²) in [6, 6.07) is 0.874. The van der Waals surface area contributed by atoms with Gasteiger partial charge in [-0.3, -0.25) is 9.69 Å². The van der Waals surface area contributed by atoms with Crippen LogP contribution in [-0.2, 0) is 9.53 Å². The summed E-state index contributed by atoms with van der Waals surface area (Å²) in [6.07, 6.45) is 1.05. The minimum Gasteiger partial charge on any atom is -0.375 e. The number of amides is 1. The fourth-order valence-corrected chi connectivity index (χ4v) is 1.77. The number of methoxy groups -OCH3 is 1. The Hall–Kier alpha value is -0.610. The first-order chi connectivity index (χ1) is 6.63. The van der Waals surface area contributed by atoms with Gasteiger partial charge in [0.15, 0.2) is 0 Å². The van der Waals surface area contributed by atoms with Crippen molar-refractivity contribution in [1.29, 1.82) is 0 Å². The monoisotopic (exact) mass is 200 g/mol. The van der Waals surface area contributed by atoms with E-state index in [1.165, 1.54) is 7.11 Å². The van der Waals surface area contributed by atoms with Gasteiger partial charge in [-0.25, -0.2) is 0 Å². The van der Waals surface area contributed by atoms with Crippen LogP contribution in [0.5, 0.6) is 0 Å². The molecule has 1 fully saturated rings. The van der Waals surface area contributed by atoms with Crippen molar-refractivity contribution < 1.29 is 9.53 Å². The molecule has 1 amide bonds. The molecule has 1 aliphatic rings. The van der Waals surface area contributed by atoms with Gasteiger partial charge in [0.25, 0.3) is 0 Å². The molecule has 1 unspecified atom stereocenters. The molecule has 4 heteroatoms. The molecule has 0 aromatic rings. The highest BCUT2D eigenvalue weighted by Gasteiger charge is 2.24. The van der Waals surface area contributed by atoms with Crippen molar-refractivity contribution >= 4 is 5.91 Å². The molecule has 0 radical (unpaired) electrons. The topological polar surface area (TPSA) is 41.6 Å². The molecule has 0 saturated carbocycles. The van der Waals surface area contributed by atoms with E-state index in [4.69, 9.17) is 4.74 Å². The van der Waals surface area contributed by atoms with E-state index in [1.807, 2.05) is 0 Å². The normalized spacial score (nSPS) is 23.0. The first-order valence-corrected chi connectivity index (χ1v) is 5.16. The molecule has 4 nitrogen and oxygen atoms in total. The zero-order valence-electron chi connectivity index (χ0n) is 9.25. The van der Waals surface area contributed by atoms with Gasteiger partial charge in [-0.1, -0.05) is 0 Å². The van der Waals surface area contributed by atoms with Crippen LogP contribution in [0.15, 0.2) is 0 Å². The molecule has 1 N–H and O–H groups in total. The van der Waals surface area contributed by atoms with Gasteiger partial charge in [0.1, 0.15) is 6.61 Å². The lowest BCUT2D eigenvalue weighted by atomic mass is 10.2. The third kappa shape index (κ3) is 3.27. The quantitative estimate of drug-likeness (QED) is 0.706. The number of hydrogen-bond donors (Lipinski definition) is 1. The number of hydrogen-bond acceptors (Lipinski definition) is 3. The minimum atomic E-state index is -0.0110. The lowest BCUT2D eigenvalue weighted by molar-refractivity contribution is -0.125. The van der Waals surface area contributed by atoms with Crippen LogP contribution in [0.1, 0.15) is 20.3 Å². The molecule has 1 heterocycles. The molecule has 82 valence electrons. The molecule has 0 aromatic heterocycles. The first kappa shape index (κ1) is 11.5. The highest BCUT2D eigenvalue weighted by Crippen LogP contribution is 2.11. The first-order valence-electron chi connectivity index (χ1n) is 5.16. The van der Waals surface area contributed by atoms with Crippen LogP contribution in [0.25, 0.3) is 0 Å². The number of ether oxygens (including phenoxy) is 1. The molecule has 1 saturated heterocycles. The molecular formula is C10H20N2O2. The van der Waals surface area contributed by atoms with Crippen molar-refractivity contribution in [3.8, 4) is 0 Å². The molecule has 1 rings (SSSR count). The van der Waals surface area contributed by atoms with E-state index < -0.39 is 0 Å². The van der Waals surface area contributed by atoms with Crippen LogP contribution < -0.4 is 5.32 Å². The number of likely N-dealkylation sites (tertiary alicyclic amines) is 1. The van der Waals surface area contributed by atoms with Crippen LogP contribution in [0, 0.1) is 0 Å². The van der Waals surface area contributed by atoms with Crippen molar-refractivity contribution in [3.63, 3.8) is 0 Å². The van der Waals surface area contributed by atoms with Crippen molar-refractivity contribution in [2.24, 2.45) is 0 Å². The molecular weight excluding hydrogens is 180 g/mol.